The van der Waals surface area contributed by atoms with E-state index in [1.807, 2.05) is 6.07 Å². The summed E-state index contributed by atoms with van der Waals surface area (Å²) in [5, 5.41) is 3.45. The van der Waals surface area contributed by atoms with Crippen molar-refractivity contribution in [2.75, 3.05) is 23.3 Å². The molecule has 0 radical (unpaired) electrons. The van der Waals surface area contributed by atoms with Gasteiger partial charge in [-0.25, -0.2) is 22.3 Å². The molecule has 10 heteroatoms. The molecule has 3 rings (SSSR count). The molecule has 32 heavy (non-hydrogen) atoms. The van der Waals surface area contributed by atoms with Crippen LogP contribution in [0.3, 0.4) is 0 Å². The Morgan fingerprint density at radius 3 is 2.28 bits per heavy atom. The summed E-state index contributed by atoms with van der Waals surface area (Å²) >= 11 is 11.9. The third kappa shape index (κ3) is 6.43. The fourth-order valence-corrected chi connectivity index (χ4v) is 4.23. The van der Waals surface area contributed by atoms with Crippen molar-refractivity contribution in [3.05, 3.63) is 88.7 Å². The number of carbonyl (C=O) groups excluding carboxylic acids is 1. The van der Waals surface area contributed by atoms with Gasteiger partial charge in [0.25, 0.3) is 0 Å². The van der Waals surface area contributed by atoms with Gasteiger partial charge in [0.2, 0.25) is 10.0 Å². The normalized spacial score (nSPS) is 11.2. The van der Waals surface area contributed by atoms with Crippen LogP contribution >= 0.6 is 23.2 Å². The highest BCUT2D eigenvalue weighted by molar-refractivity contribution is 7.89. The summed E-state index contributed by atoms with van der Waals surface area (Å²) in [7, 11) is -3.78. The number of amides is 2. The Balaban J connectivity index is 1.65. The maximum Gasteiger partial charge on any atom is 0.326 e. The summed E-state index contributed by atoms with van der Waals surface area (Å²) in [4.78, 5) is 14.4. The van der Waals surface area contributed by atoms with E-state index in [4.69, 9.17) is 23.2 Å². The van der Waals surface area contributed by atoms with Crippen molar-refractivity contribution in [2.45, 2.75) is 11.3 Å². The van der Waals surface area contributed by atoms with Gasteiger partial charge in [0.1, 0.15) is 5.82 Å². The maximum absolute atomic E-state index is 13.0. The fourth-order valence-electron chi connectivity index (χ4n) is 2.86. The Morgan fingerprint density at radius 2 is 1.62 bits per heavy atom. The molecule has 0 aliphatic rings. The van der Waals surface area contributed by atoms with Gasteiger partial charge in [-0.1, -0.05) is 41.4 Å². The second kappa shape index (κ2) is 10.8. The molecule has 6 nitrogen and oxygen atoms in total. The Hall–Kier alpha value is -2.65. The number of anilines is 2. The number of nitrogens with one attached hydrogen (secondary N) is 2. The van der Waals surface area contributed by atoms with Crippen LogP contribution in [-0.4, -0.2) is 27.5 Å². The molecule has 168 valence electrons. The summed E-state index contributed by atoms with van der Waals surface area (Å²) in [6.45, 7) is 0.326. The number of carbonyl (C=O) groups is 1. The minimum atomic E-state index is -3.78. The molecular formula is C22H20Cl2FN3O3S. The first kappa shape index (κ1) is 24.0. The maximum atomic E-state index is 13.0. The van der Waals surface area contributed by atoms with E-state index < -0.39 is 21.9 Å². The van der Waals surface area contributed by atoms with Crippen molar-refractivity contribution < 1.29 is 17.6 Å². The summed E-state index contributed by atoms with van der Waals surface area (Å²) in [6, 6.07) is 17.9. The highest BCUT2D eigenvalue weighted by atomic mass is 35.5. The lowest BCUT2D eigenvalue weighted by atomic mass is 10.2. The lowest BCUT2D eigenvalue weighted by Crippen LogP contribution is -2.37. The number of halogens is 3. The number of hydrogen-bond donors (Lipinski definition) is 2. The third-order valence-corrected chi connectivity index (χ3v) is 6.67. The van der Waals surface area contributed by atoms with Gasteiger partial charge in [-0.3, -0.25) is 4.90 Å². The van der Waals surface area contributed by atoms with E-state index in [9.17, 15) is 17.6 Å². The summed E-state index contributed by atoms with van der Waals surface area (Å²) in [6.07, 6.45) is 0.337. The predicted octanol–water partition coefficient (Wildman–Crippen LogP) is 5.54. The van der Waals surface area contributed by atoms with Crippen LogP contribution in [0.2, 0.25) is 10.0 Å². The molecule has 0 saturated carbocycles. The monoisotopic (exact) mass is 495 g/mol. The fraction of sp³-hybridized carbons (Fsp3) is 0.136. The minimum Gasteiger partial charge on any atom is -0.307 e. The van der Waals surface area contributed by atoms with E-state index in [1.54, 1.807) is 42.5 Å². The lowest BCUT2D eigenvalue weighted by Gasteiger charge is -2.23. The molecule has 0 heterocycles. The molecule has 0 bridgehead atoms. The zero-order valence-electron chi connectivity index (χ0n) is 16.8. The number of benzene rings is 3. The van der Waals surface area contributed by atoms with Crippen molar-refractivity contribution in [3.8, 4) is 0 Å². The van der Waals surface area contributed by atoms with Crippen LogP contribution in [-0.2, 0) is 10.0 Å². The molecule has 0 saturated heterocycles. The predicted molar refractivity (Wildman–Crippen MR) is 125 cm³/mol. The number of hydrogen-bond acceptors (Lipinski definition) is 3. The molecule has 0 unspecified atom stereocenters. The second-order valence-electron chi connectivity index (χ2n) is 6.75. The van der Waals surface area contributed by atoms with Crippen molar-refractivity contribution in [1.82, 2.24) is 4.72 Å². The molecule has 0 aromatic heterocycles. The minimum absolute atomic E-state index is 0.0313. The van der Waals surface area contributed by atoms with Gasteiger partial charge in [-0.2, -0.15) is 0 Å². The smallest absolute Gasteiger partial charge is 0.307 e. The summed E-state index contributed by atoms with van der Waals surface area (Å²) < 4.78 is 40.2. The van der Waals surface area contributed by atoms with Gasteiger partial charge in [0, 0.05) is 24.5 Å². The van der Waals surface area contributed by atoms with Crippen LogP contribution in [0.5, 0.6) is 0 Å². The molecule has 2 amide bonds. The van der Waals surface area contributed by atoms with Crippen LogP contribution in [0, 0.1) is 5.82 Å². The van der Waals surface area contributed by atoms with Gasteiger partial charge >= 0.3 is 6.03 Å². The van der Waals surface area contributed by atoms with Gasteiger partial charge < -0.3 is 5.32 Å². The van der Waals surface area contributed by atoms with Crippen molar-refractivity contribution in [1.29, 1.82) is 0 Å². The van der Waals surface area contributed by atoms with Crippen molar-refractivity contribution >= 4 is 50.6 Å². The topological polar surface area (TPSA) is 78.5 Å². The van der Waals surface area contributed by atoms with Crippen LogP contribution in [0.4, 0.5) is 20.6 Å². The quantitative estimate of drug-likeness (QED) is 0.402. The van der Waals surface area contributed by atoms with Gasteiger partial charge in [0.05, 0.1) is 14.9 Å². The van der Waals surface area contributed by atoms with Crippen LogP contribution in [0.15, 0.2) is 77.7 Å². The first-order valence-electron chi connectivity index (χ1n) is 9.60. The van der Waals surface area contributed by atoms with Gasteiger partial charge in [-0.15, -0.1) is 0 Å². The number of rotatable bonds is 8. The molecular weight excluding hydrogens is 476 g/mol. The molecule has 3 aromatic rings. The highest BCUT2D eigenvalue weighted by Crippen LogP contribution is 2.25. The molecule has 0 spiro atoms. The van der Waals surface area contributed by atoms with E-state index in [-0.39, 0.29) is 18.0 Å². The van der Waals surface area contributed by atoms with Crippen molar-refractivity contribution in [2.24, 2.45) is 0 Å². The first-order valence-corrected chi connectivity index (χ1v) is 11.8. The van der Waals surface area contributed by atoms with Gasteiger partial charge in [-0.05, 0) is 61.0 Å². The number of sulfonamides is 1. The Bertz CT molecular complexity index is 1180. The summed E-state index contributed by atoms with van der Waals surface area (Å²) in [5.41, 5.74) is 1.12. The standard InChI is InChI=1S/C22H20Cl2FN3O3S/c23-20-12-9-17(15-21(20)24)27-22(29)28(18-5-2-1-3-6-18)14-4-13-26-32(30,31)19-10-7-16(25)8-11-19/h1-3,5-12,15,26H,4,13-14H2,(H,27,29). The van der Waals surface area contributed by atoms with E-state index in [2.05, 4.69) is 10.0 Å². The number of para-hydroxylation sites is 1. The van der Waals surface area contributed by atoms with E-state index in [0.29, 0.717) is 27.8 Å². The average molecular weight is 496 g/mol. The first-order chi connectivity index (χ1) is 15.3. The van der Waals surface area contributed by atoms with Gasteiger partial charge in [0.15, 0.2) is 0 Å². The largest absolute Gasteiger partial charge is 0.326 e. The third-order valence-electron chi connectivity index (χ3n) is 4.46. The van der Waals surface area contributed by atoms with Crippen LogP contribution in [0.25, 0.3) is 0 Å². The van der Waals surface area contributed by atoms with Crippen LogP contribution < -0.4 is 14.9 Å². The van der Waals surface area contributed by atoms with E-state index in [0.717, 1.165) is 12.1 Å². The molecule has 0 atom stereocenters. The van der Waals surface area contributed by atoms with Crippen molar-refractivity contribution in [3.63, 3.8) is 0 Å². The SMILES string of the molecule is O=C(Nc1ccc(Cl)c(Cl)c1)N(CCCNS(=O)(=O)c1ccc(F)cc1)c1ccccc1. The molecule has 3 aromatic carbocycles. The molecule has 2 N–H and O–H groups in total. The highest BCUT2D eigenvalue weighted by Gasteiger charge is 2.18. The zero-order chi connectivity index (χ0) is 23.1. The van der Waals surface area contributed by atoms with E-state index in [1.165, 1.54) is 17.0 Å². The number of urea groups is 1. The number of nitrogens with zero attached hydrogens (tertiary/aromatic N) is 1. The lowest BCUT2D eigenvalue weighted by molar-refractivity contribution is 0.257. The zero-order valence-corrected chi connectivity index (χ0v) is 19.1. The Morgan fingerprint density at radius 1 is 0.938 bits per heavy atom. The van der Waals surface area contributed by atoms with E-state index >= 15 is 0 Å². The van der Waals surface area contributed by atoms with Crippen LogP contribution in [0.1, 0.15) is 6.42 Å². The Kier molecular flexibility index (Phi) is 8.09. The Labute approximate surface area is 196 Å². The average Bonchev–Trinajstić information content (AvgIpc) is 2.77. The summed E-state index contributed by atoms with van der Waals surface area (Å²) in [5.74, 6) is -0.518. The molecule has 0 aliphatic heterocycles. The molecule has 0 aliphatic carbocycles. The molecule has 0 fully saturated rings. The second-order valence-corrected chi connectivity index (χ2v) is 9.33.